The van der Waals surface area contributed by atoms with E-state index in [0.29, 0.717) is 18.6 Å². The molecule has 0 amide bonds. The van der Waals surface area contributed by atoms with Gasteiger partial charge in [0.25, 0.3) is 0 Å². The number of fused-ring (bicyclic) bond motifs is 8. The van der Waals surface area contributed by atoms with Gasteiger partial charge >= 0.3 is 0 Å². The summed E-state index contributed by atoms with van der Waals surface area (Å²) in [5.74, 6) is 3.25. The van der Waals surface area contributed by atoms with Crippen LogP contribution >= 0.6 is 0 Å². The highest BCUT2D eigenvalue weighted by Crippen LogP contribution is 2.47. The molecule has 0 spiro atoms. The molecule has 5 aliphatic carbocycles. The molecule has 3 aromatic rings. The molecule has 0 saturated carbocycles. The lowest BCUT2D eigenvalue weighted by atomic mass is 9.81. The van der Waals surface area contributed by atoms with Crippen LogP contribution in [0.1, 0.15) is 94.5 Å². The third kappa shape index (κ3) is 8.27. The quantitative estimate of drug-likeness (QED) is 0.189. The van der Waals surface area contributed by atoms with Crippen molar-refractivity contribution in [1.82, 2.24) is 4.90 Å². The largest absolute Gasteiger partial charge is 0.461 e. The van der Waals surface area contributed by atoms with Crippen molar-refractivity contribution in [3.63, 3.8) is 0 Å². The molecule has 1 unspecified atom stereocenters. The second-order valence-electron chi connectivity index (χ2n) is 19.7. The fraction of sp³-hybridized carbons (Fsp3) is 0.219. The molecule has 3 aromatic carbocycles. The van der Waals surface area contributed by atoms with Crippen LogP contribution in [0.15, 0.2) is 246 Å². The minimum Gasteiger partial charge on any atom is -0.461 e. The molecule has 4 nitrogen and oxygen atoms in total. The lowest BCUT2D eigenvalue weighted by molar-refractivity contribution is 0.289. The van der Waals surface area contributed by atoms with Crippen LogP contribution in [-0.4, -0.2) is 10.9 Å². The Hall–Kier alpha value is -7.30. The number of nitrogens with zero attached hydrogens (tertiary/aromatic N) is 2. The van der Waals surface area contributed by atoms with Crippen molar-refractivity contribution in [3.8, 4) is 5.75 Å². The van der Waals surface area contributed by atoms with Crippen LogP contribution in [0.2, 0.25) is 0 Å². The van der Waals surface area contributed by atoms with Crippen molar-refractivity contribution < 1.29 is 9.47 Å². The molecule has 68 heavy (non-hydrogen) atoms. The van der Waals surface area contributed by atoms with Gasteiger partial charge in [0.05, 0.1) is 6.04 Å². The van der Waals surface area contributed by atoms with Crippen molar-refractivity contribution in [2.24, 2.45) is 0 Å². The van der Waals surface area contributed by atoms with Crippen molar-refractivity contribution >= 4 is 17.3 Å². The monoisotopic (exact) mass is 890 g/mol. The van der Waals surface area contributed by atoms with E-state index in [2.05, 4.69) is 228 Å². The Balaban J connectivity index is 1.02. The molecule has 1 atom stereocenters. The zero-order chi connectivity index (χ0) is 47.2. The van der Waals surface area contributed by atoms with E-state index < -0.39 is 0 Å². The van der Waals surface area contributed by atoms with E-state index in [1.807, 2.05) is 6.08 Å². The molecule has 4 bridgehead atoms. The fourth-order valence-corrected chi connectivity index (χ4v) is 10.8. The number of rotatable bonds is 10. The van der Waals surface area contributed by atoms with Gasteiger partial charge in [0, 0.05) is 75.4 Å². The van der Waals surface area contributed by atoms with E-state index in [-0.39, 0.29) is 16.9 Å². The first-order valence-corrected chi connectivity index (χ1v) is 24.2. The standard InChI is InChI=1S/C64H62N2O2/c1-9-51(40-49-36-47-21-17-19-27-59(47)63(49,5)6)66(52(10-2)41-50-37-48-22-18-20-28-60(48)64(50,7)8)55-31-34-58-46-30-33-56-38-45(29-32-57(39-46)68-62(58)42-55)44(4)61(67-56)35-43(3)65(53-23-13-11-14-24-53)54-25-15-12-16-26-54/h9-11,13-15,17-23,25-36,40-42,53H,1,3-4,12,16,24,37-39H2,2,5-8H3/b45-29+,46-30?,50-41+,51-40+,52-10+,56-33+,57-32+,61-35+. The highest BCUT2D eigenvalue weighted by Gasteiger charge is 2.36. The normalized spacial score (nSPS) is 24.3. The van der Waals surface area contributed by atoms with Gasteiger partial charge in [0.15, 0.2) is 0 Å². The zero-order valence-corrected chi connectivity index (χ0v) is 40.3. The number of ether oxygens (including phenoxy) is 2. The Kier molecular flexibility index (Phi) is 11.8. The Morgan fingerprint density at radius 2 is 1.54 bits per heavy atom. The van der Waals surface area contributed by atoms with Crippen molar-refractivity contribution in [1.29, 1.82) is 0 Å². The smallest absolute Gasteiger partial charge is 0.136 e. The molecule has 4 heteroatoms. The van der Waals surface area contributed by atoms with Gasteiger partial charge in [-0.05, 0) is 120 Å². The maximum Gasteiger partial charge on any atom is 0.136 e. The molecule has 0 N–H and O–H groups in total. The second kappa shape index (κ2) is 18.1. The van der Waals surface area contributed by atoms with Gasteiger partial charge in [-0.3, -0.25) is 0 Å². The number of hydrogen-bond donors (Lipinski definition) is 0. The number of allylic oxidation sites excluding steroid dienone is 19. The van der Waals surface area contributed by atoms with Gasteiger partial charge in [0.1, 0.15) is 23.0 Å². The van der Waals surface area contributed by atoms with Crippen LogP contribution < -0.4 is 9.64 Å². The maximum atomic E-state index is 6.92. The second-order valence-corrected chi connectivity index (χ2v) is 19.7. The molecule has 0 radical (unpaired) electrons. The van der Waals surface area contributed by atoms with Crippen molar-refractivity contribution in [2.75, 3.05) is 4.90 Å². The highest BCUT2D eigenvalue weighted by atomic mass is 16.5. The van der Waals surface area contributed by atoms with E-state index in [9.17, 15) is 0 Å². The third-order valence-electron chi connectivity index (χ3n) is 14.7. The third-order valence-corrected chi connectivity index (χ3v) is 14.7. The summed E-state index contributed by atoms with van der Waals surface area (Å²) in [4.78, 5) is 4.67. The predicted octanol–water partition coefficient (Wildman–Crippen LogP) is 16.0. The van der Waals surface area contributed by atoms with E-state index >= 15 is 0 Å². The molecule has 2 aliphatic heterocycles. The van der Waals surface area contributed by atoms with Crippen LogP contribution in [0.5, 0.6) is 5.75 Å². The number of benzene rings is 3. The molecule has 340 valence electrons. The Labute approximate surface area is 404 Å². The first kappa shape index (κ1) is 44.5. The van der Waals surface area contributed by atoms with Crippen LogP contribution in [0.4, 0.5) is 5.69 Å². The average molecular weight is 891 g/mol. The van der Waals surface area contributed by atoms with Crippen LogP contribution in [0.3, 0.4) is 0 Å². The topological polar surface area (TPSA) is 24.9 Å². The summed E-state index contributed by atoms with van der Waals surface area (Å²) < 4.78 is 13.6. The van der Waals surface area contributed by atoms with E-state index in [1.54, 1.807) is 0 Å². The molecule has 0 aromatic heterocycles. The highest BCUT2D eigenvalue weighted by molar-refractivity contribution is 5.80. The van der Waals surface area contributed by atoms with Crippen LogP contribution in [0.25, 0.3) is 11.6 Å². The predicted molar refractivity (Wildman–Crippen MR) is 284 cm³/mol. The summed E-state index contributed by atoms with van der Waals surface area (Å²) in [5.41, 5.74) is 16.9. The molecular weight excluding hydrogens is 829 g/mol. The lowest BCUT2D eigenvalue weighted by Gasteiger charge is -2.35. The van der Waals surface area contributed by atoms with Crippen molar-refractivity contribution in [2.45, 2.75) is 90.0 Å². The summed E-state index contributed by atoms with van der Waals surface area (Å²) in [6.45, 7) is 25.1. The van der Waals surface area contributed by atoms with Crippen molar-refractivity contribution in [3.05, 3.63) is 274 Å². The van der Waals surface area contributed by atoms with Gasteiger partial charge in [-0.25, -0.2) is 0 Å². The van der Waals surface area contributed by atoms with Gasteiger partial charge in [-0.2, -0.15) is 0 Å². The molecule has 1 saturated heterocycles. The summed E-state index contributed by atoms with van der Waals surface area (Å²) in [7, 11) is 0. The molecule has 7 aliphatic rings. The summed E-state index contributed by atoms with van der Waals surface area (Å²) in [6.07, 6.45) is 42.6. The first-order valence-electron chi connectivity index (χ1n) is 24.2. The van der Waals surface area contributed by atoms with E-state index in [0.717, 1.165) is 93.7 Å². The Morgan fingerprint density at radius 3 is 2.28 bits per heavy atom. The minimum absolute atomic E-state index is 0.120. The van der Waals surface area contributed by atoms with Gasteiger partial charge in [-0.1, -0.05) is 162 Å². The number of anilines is 1. The molecule has 2 heterocycles. The molecule has 10 rings (SSSR count). The van der Waals surface area contributed by atoms with Crippen LogP contribution in [-0.2, 0) is 22.0 Å². The van der Waals surface area contributed by atoms with E-state index in [1.165, 1.54) is 33.4 Å². The van der Waals surface area contributed by atoms with Gasteiger partial charge in [0.2, 0.25) is 0 Å². The first-order chi connectivity index (χ1) is 32.9. The lowest BCUT2D eigenvalue weighted by Crippen LogP contribution is -2.32. The minimum atomic E-state index is -0.181. The van der Waals surface area contributed by atoms with Crippen LogP contribution in [0, 0.1) is 0 Å². The van der Waals surface area contributed by atoms with E-state index in [4.69, 9.17) is 9.47 Å². The summed E-state index contributed by atoms with van der Waals surface area (Å²) >= 11 is 0. The van der Waals surface area contributed by atoms with Gasteiger partial charge in [-0.15, -0.1) is 0 Å². The fourth-order valence-electron chi connectivity index (χ4n) is 10.8. The molecule has 1 fully saturated rings. The number of hydrogen-bond acceptors (Lipinski definition) is 4. The maximum absolute atomic E-state index is 6.92. The summed E-state index contributed by atoms with van der Waals surface area (Å²) in [5, 5.41) is 0. The Morgan fingerprint density at radius 1 is 0.779 bits per heavy atom. The molecular formula is C64H62N2O2. The average Bonchev–Trinajstić information content (AvgIpc) is 3.76. The SMILES string of the molecule is C=C/C(=C\C1=Cc2ccccc2C1(C)C)N(C(=C/C)/C=C1\Cc2ccccc2C1(C)C)c1ccc2c(c1)O/C1=C/C=C3\C/C(=C\C=C2C1)O/C(=C/C(=C)N(C1=CCCC=C1)C1C=CC=CC1)C3=C. The zero-order valence-electron chi connectivity index (χ0n) is 40.3. The van der Waals surface area contributed by atoms with Gasteiger partial charge < -0.3 is 19.3 Å². The Bertz CT molecular complexity index is 3080. The summed E-state index contributed by atoms with van der Waals surface area (Å²) in [6, 6.07) is 24.4.